The Morgan fingerprint density at radius 2 is 1.93 bits per heavy atom. The zero-order valence-electron chi connectivity index (χ0n) is 10.8. The van der Waals surface area contributed by atoms with Crippen LogP contribution in [0.4, 0.5) is 0 Å². The van der Waals surface area contributed by atoms with Crippen molar-refractivity contribution in [3.05, 3.63) is 0 Å². The maximum Gasteiger partial charge on any atom is 0.224 e. The Morgan fingerprint density at radius 3 is 2.40 bits per heavy atom. The summed E-state index contributed by atoms with van der Waals surface area (Å²) in [7, 11) is 0. The van der Waals surface area contributed by atoms with E-state index in [1.807, 2.05) is 13.8 Å². The van der Waals surface area contributed by atoms with Crippen LogP contribution in [0.5, 0.6) is 0 Å². The number of carbonyl (C=O) groups excluding carboxylic acids is 1. The number of nitrogens with one attached hydrogen (secondary N) is 2. The average Bonchev–Trinajstić information content (AvgIpc) is 2.11. The van der Waals surface area contributed by atoms with Crippen molar-refractivity contribution in [2.24, 2.45) is 11.3 Å². The summed E-state index contributed by atoms with van der Waals surface area (Å²) in [4.78, 5) is 11.6. The van der Waals surface area contributed by atoms with Crippen LogP contribution in [-0.2, 0) is 4.79 Å². The zero-order chi connectivity index (χ0) is 11.9. The van der Waals surface area contributed by atoms with Crippen LogP contribution in [0.25, 0.3) is 0 Å². The molecular weight excluding hydrogens is 188 g/mol. The van der Waals surface area contributed by atoms with Gasteiger partial charge in [0.2, 0.25) is 5.91 Å². The lowest BCUT2D eigenvalue weighted by atomic mass is 9.92. The molecule has 0 aromatic carbocycles. The molecule has 0 aliphatic heterocycles. The van der Waals surface area contributed by atoms with Gasteiger partial charge < -0.3 is 10.6 Å². The number of amides is 1. The van der Waals surface area contributed by atoms with Gasteiger partial charge in [-0.2, -0.15) is 0 Å². The largest absolute Gasteiger partial charge is 0.356 e. The van der Waals surface area contributed by atoms with Gasteiger partial charge in [-0.05, 0) is 18.4 Å². The van der Waals surface area contributed by atoms with Gasteiger partial charge in [0.05, 0.1) is 0 Å². The van der Waals surface area contributed by atoms with Crippen LogP contribution in [0.1, 0.15) is 41.0 Å². The summed E-state index contributed by atoms with van der Waals surface area (Å²) >= 11 is 0. The molecule has 0 saturated carbocycles. The molecule has 0 fully saturated rings. The van der Waals surface area contributed by atoms with Crippen molar-refractivity contribution in [1.29, 1.82) is 0 Å². The number of hydrogen-bond acceptors (Lipinski definition) is 2. The zero-order valence-corrected chi connectivity index (χ0v) is 10.8. The SMILES string of the molecule is CCNCC(C)C(=O)NCCC(C)(C)C. The van der Waals surface area contributed by atoms with Crippen LogP contribution in [0.2, 0.25) is 0 Å². The topological polar surface area (TPSA) is 41.1 Å². The maximum atomic E-state index is 11.6. The smallest absolute Gasteiger partial charge is 0.224 e. The van der Waals surface area contributed by atoms with Crippen molar-refractivity contribution < 1.29 is 4.79 Å². The Hall–Kier alpha value is -0.570. The number of carbonyl (C=O) groups is 1. The van der Waals surface area contributed by atoms with Crippen molar-refractivity contribution in [3.63, 3.8) is 0 Å². The highest BCUT2D eigenvalue weighted by atomic mass is 16.1. The predicted octanol–water partition coefficient (Wildman–Crippen LogP) is 1.78. The second-order valence-electron chi connectivity index (χ2n) is 5.31. The highest BCUT2D eigenvalue weighted by Gasteiger charge is 2.14. The Labute approximate surface area is 94.0 Å². The lowest BCUT2D eigenvalue weighted by molar-refractivity contribution is -0.124. The van der Waals surface area contributed by atoms with E-state index in [-0.39, 0.29) is 17.2 Å². The van der Waals surface area contributed by atoms with Gasteiger partial charge in [0.1, 0.15) is 0 Å². The highest BCUT2D eigenvalue weighted by Crippen LogP contribution is 2.16. The molecule has 2 N–H and O–H groups in total. The van der Waals surface area contributed by atoms with E-state index in [1.165, 1.54) is 0 Å². The van der Waals surface area contributed by atoms with E-state index in [9.17, 15) is 4.79 Å². The summed E-state index contributed by atoms with van der Waals surface area (Å²) in [6.07, 6.45) is 1.02. The van der Waals surface area contributed by atoms with E-state index < -0.39 is 0 Å². The van der Waals surface area contributed by atoms with E-state index in [0.717, 1.165) is 26.1 Å². The van der Waals surface area contributed by atoms with Gasteiger partial charge in [-0.3, -0.25) is 4.79 Å². The molecule has 0 aliphatic carbocycles. The second-order valence-corrected chi connectivity index (χ2v) is 5.31. The Morgan fingerprint density at radius 1 is 1.33 bits per heavy atom. The molecule has 0 aliphatic rings. The molecule has 0 spiro atoms. The normalized spacial score (nSPS) is 13.7. The summed E-state index contributed by atoms with van der Waals surface area (Å²) in [5, 5.41) is 6.14. The minimum atomic E-state index is 0.0601. The van der Waals surface area contributed by atoms with Crippen molar-refractivity contribution >= 4 is 5.91 Å². The summed E-state index contributed by atoms with van der Waals surface area (Å²) in [6, 6.07) is 0. The summed E-state index contributed by atoms with van der Waals surface area (Å²) in [6.45, 7) is 13.0. The molecule has 1 unspecified atom stereocenters. The molecule has 0 aromatic heterocycles. The first kappa shape index (κ1) is 14.4. The van der Waals surface area contributed by atoms with E-state index in [4.69, 9.17) is 0 Å². The van der Waals surface area contributed by atoms with Crippen LogP contribution in [-0.4, -0.2) is 25.5 Å². The molecule has 15 heavy (non-hydrogen) atoms. The van der Waals surface area contributed by atoms with Crippen LogP contribution < -0.4 is 10.6 Å². The fraction of sp³-hybridized carbons (Fsp3) is 0.917. The molecule has 0 rings (SSSR count). The van der Waals surface area contributed by atoms with Gasteiger partial charge in [-0.25, -0.2) is 0 Å². The Balaban J connectivity index is 3.64. The van der Waals surface area contributed by atoms with E-state index in [1.54, 1.807) is 0 Å². The summed E-state index contributed by atoms with van der Waals surface area (Å²) in [5.74, 6) is 0.213. The minimum Gasteiger partial charge on any atom is -0.356 e. The first-order valence-corrected chi connectivity index (χ1v) is 5.85. The third kappa shape index (κ3) is 8.43. The third-order valence-electron chi connectivity index (χ3n) is 2.32. The summed E-state index contributed by atoms with van der Waals surface area (Å²) in [5.41, 5.74) is 0.290. The molecular formula is C12H26N2O. The van der Waals surface area contributed by atoms with E-state index >= 15 is 0 Å². The van der Waals surface area contributed by atoms with Crippen molar-refractivity contribution in [2.45, 2.75) is 41.0 Å². The van der Waals surface area contributed by atoms with Crippen molar-refractivity contribution in [1.82, 2.24) is 10.6 Å². The van der Waals surface area contributed by atoms with Crippen LogP contribution in [0.3, 0.4) is 0 Å². The first-order valence-electron chi connectivity index (χ1n) is 5.85. The Bertz CT molecular complexity index is 185. The van der Waals surface area contributed by atoms with Crippen LogP contribution in [0.15, 0.2) is 0 Å². The first-order chi connectivity index (χ1) is 6.87. The molecule has 1 atom stereocenters. The van der Waals surface area contributed by atoms with Gasteiger partial charge in [-0.15, -0.1) is 0 Å². The number of rotatable bonds is 6. The molecule has 1 amide bonds. The molecule has 3 heteroatoms. The average molecular weight is 214 g/mol. The lowest BCUT2D eigenvalue weighted by Gasteiger charge is -2.19. The molecule has 0 heterocycles. The van der Waals surface area contributed by atoms with Crippen LogP contribution in [0, 0.1) is 11.3 Å². The molecule has 3 nitrogen and oxygen atoms in total. The standard InChI is InChI=1S/C12H26N2O/c1-6-13-9-10(2)11(15)14-8-7-12(3,4)5/h10,13H,6-9H2,1-5H3,(H,14,15). The lowest BCUT2D eigenvalue weighted by Crippen LogP contribution is -2.36. The van der Waals surface area contributed by atoms with Crippen LogP contribution >= 0.6 is 0 Å². The molecule has 0 saturated heterocycles. The van der Waals surface area contributed by atoms with Gasteiger partial charge in [0.15, 0.2) is 0 Å². The molecule has 0 bridgehead atoms. The fourth-order valence-corrected chi connectivity index (χ4v) is 1.19. The van der Waals surface area contributed by atoms with Gasteiger partial charge >= 0.3 is 0 Å². The van der Waals surface area contributed by atoms with Gasteiger partial charge in [0, 0.05) is 19.0 Å². The molecule has 0 radical (unpaired) electrons. The van der Waals surface area contributed by atoms with Gasteiger partial charge in [0.25, 0.3) is 0 Å². The van der Waals surface area contributed by atoms with E-state index in [0.29, 0.717) is 0 Å². The van der Waals surface area contributed by atoms with Crippen molar-refractivity contribution in [2.75, 3.05) is 19.6 Å². The molecule has 0 aromatic rings. The van der Waals surface area contributed by atoms with Crippen molar-refractivity contribution in [3.8, 4) is 0 Å². The maximum absolute atomic E-state index is 11.6. The minimum absolute atomic E-state index is 0.0601. The quantitative estimate of drug-likeness (QED) is 0.707. The number of hydrogen-bond donors (Lipinski definition) is 2. The monoisotopic (exact) mass is 214 g/mol. The highest BCUT2D eigenvalue weighted by molar-refractivity contribution is 5.78. The molecule has 90 valence electrons. The summed E-state index contributed by atoms with van der Waals surface area (Å²) < 4.78 is 0. The second kappa shape index (κ2) is 6.83. The van der Waals surface area contributed by atoms with Gasteiger partial charge in [-0.1, -0.05) is 34.6 Å². The predicted molar refractivity (Wildman–Crippen MR) is 64.8 cm³/mol. The fourth-order valence-electron chi connectivity index (χ4n) is 1.19. The van der Waals surface area contributed by atoms with E-state index in [2.05, 4.69) is 31.4 Å². The Kier molecular flexibility index (Phi) is 6.57. The third-order valence-corrected chi connectivity index (χ3v) is 2.32.